The molecule has 0 heterocycles. The zero-order chi connectivity index (χ0) is 22.3. The van der Waals surface area contributed by atoms with Crippen LogP contribution in [-0.4, -0.2) is 46.8 Å². The molecule has 0 saturated carbocycles. The van der Waals surface area contributed by atoms with Gasteiger partial charge in [0.1, 0.15) is 12.2 Å². The standard InChI is InChI=1S/C23H30O7/c1-8-9-15-10-17(25-3)23(18(11-15)26-4)30-14(2)21(24)16-12-19(27-5)22(29-7)20(13-16)28-6/h8,10-14,21,24H,1,9H2,2-7H3/t14-,21-/m0/s1. The zero-order valence-electron chi connectivity index (χ0n) is 18.4. The molecule has 0 spiro atoms. The van der Waals surface area contributed by atoms with E-state index in [4.69, 9.17) is 28.4 Å². The molecule has 30 heavy (non-hydrogen) atoms. The molecular formula is C23H30O7. The highest BCUT2D eigenvalue weighted by atomic mass is 16.6. The van der Waals surface area contributed by atoms with Gasteiger partial charge in [0.25, 0.3) is 0 Å². The summed E-state index contributed by atoms with van der Waals surface area (Å²) in [6, 6.07) is 7.09. The van der Waals surface area contributed by atoms with Gasteiger partial charge in [0.2, 0.25) is 11.5 Å². The molecule has 0 amide bonds. The third-order valence-electron chi connectivity index (χ3n) is 4.68. The van der Waals surface area contributed by atoms with Gasteiger partial charge in [0.05, 0.1) is 35.5 Å². The van der Waals surface area contributed by atoms with Crippen molar-refractivity contribution in [1.82, 2.24) is 0 Å². The van der Waals surface area contributed by atoms with Crippen LogP contribution in [0.2, 0.25) is 0 Å². The molecule has 0 radical (unpaired) electrons. The highest BCUT2D eigenvalue weighted by molar-refractivity contribution is 5.55. The van der Waals surface area contributed by atoms with E-state index >= 15 is 0 Å². The number of hydrogen-bond acceptors (Lipinski definition) is 7. The molecule has 0 bridgehead atoms. The first kappa shape index (κ1) is 23.2. The molecule has 2 aromatic rings. The lowest BCUT2D eigenvalue weighted by Gasteiger charge is -2.24. The van der Waals surface area contributed by atoms with Gasteiger partial charge in [-0.25, -0.2) is 0 Å². The van der Waals surface area contributed by atoms with E-state index in [2.05, 4.69) is 6.58 Å². The Morgan fingerprint density at radius 3 is 1.67 bits per heavy atom. The van der Waals surface area contributed by atoms with Crippen molar-refractivity contribution in [2.75, 3.05) is 35.5 Å². The molecule has 2 atom stereocenters. The number of aliphatic hydroxyl groups is 1. The van der Waals surface area contributed by atoms with Gasteiger partial charge >= 0.3 is 0 Å². The third-order valence-corrected chi connectivity index (χ3v) is 4.68. The van der Waals surface area contributed by atoms with Gasteiger partial charge in [-0.05, 0) is 48.7 Å². The van der Waals surface area contributed by atoms with Crippen LogP contribution in [0.25, 0.3) is 0 Å². The van der Waals surface area contributed by atoms with Gasteiger partial charge in [-0.15, -0.1) is 6.58 Å². The van der Waals surface area contributed by atoms with E-state index in [1.165, 1.54) is 21.3 Å². The molecule has 0 saturated heterocycles. The zero-order valence-corrected chi connectivity index (χ0v) is 18.4. The first-order chi connectivity index (χ1) is 14.4. The minimum atomic E-state index is -0.985. The van der Waals surface area contributed by atoms with Gasteiger partial charge in [-0.3, -0.25) is 0 Å². The van der Waals surface area contributed by atoms with E-state index in [-0.39, 0.29) is 0 Å². The summed E-state index contributed by atoms with van der Waals surface area (Å²) in [4.78, 5) is 0. The lowest BCUT2D eigenvalue weighted by Crippen LogP contribution is -2.22. The van der Waals surface area contributed by atoms with Crippen LogP contribution in [0, 0.1) is 0 Å². The minimum Gasteiger partial charge on any atom is -0.493 e. The van der Waals surface area contributed by atoms with Gasteiger partial charge in [-0.2, -0.15) is 0 Å². The van der Waals surface area contributed by atoms with Gasteiger partial charge in [-0.1, -0.05) is 6.08 Å². The van der Waals surface area contributed by atoms with Crippen LogP contribution in [0.1, 0.15) is 24.2 Å². The molecule has 0 unspecified atom stereocenters. The molecule has 2 aromatic carbocycles. The fraction of sp³-hybridized carbons (Fsp3) is 0.391. The van der Waals surface area contributed by atoms with E-state index in [1.807, 2.05) is 12.1 Å². The molecule has 0 aliphatic rings. The second kappa shape index (κ2) is 10.6. The highest BCUT2D eigenvalue weighted by Crippen LogP contribution is 2.43. The average Bonchev–Trinajstić information content (AvgIpc) is 2.77. The lowest BCUT2D eigenvalue weighted by atomic mass is 10.0. The molecule has 7 nitrogen and oxygen atoms in total. The van der Waals surface area contributed by atoms with Crippen molar-refractivity contribution in [3.05, 3.63) is 48.0 Å². The molecule has 1 N–H and O–H groups in total. The van der Waals surface area contributed by atoms with E-state index in [0.717, 1.165) is 5.56 Å². The number of ether oxygens (including phenoxy) is 6. The van der Waals surface area contributed by atoms with Crippen LogP contribution in [0.3, 0.4) is 0 Å². The number of rotatable bonds is 11. The van der Waals surface area contributed by atoms with Crippen molar-refractivity contribution in [1.29, 1.82) is 0 Å². The maximum atomic E-state index is 10.9. The summed E-state index contributed by atoms with van der Waals surface area (Å²) in [6.07, 6.45) is 0.837. The minimum absolute atomic E-state index is 0.409. The van der Waals surface area contributed by atoms with Crippen molar-refractivity contribution in [2.24, 2.45) is 0 Å². The van der Waals surface area contributed by atoms with E-state index in [0.29, 0.717) is 46.5 Å². The summed E-state index contributed by atoms with van der Waals surface area (Å²) in [7, 11) is 7.68. The Labute approximate surface area is 177 Å². The molecule has 0 aliphatic heterocycles. The van der Waals surface area contributed by atoms with Crippen molar-refractivity contribution >= 4 is 0 Å². The highest BCUT2D eigenvalue weighted by Gasteiger charge is 2.25. The third kappa shape index (κ3) is 4.91. The van der Waals surface area contributed by atoms with Crippen molar-refractivity contribution in [2.45, 2.75) is 25.6 Å². The van der Waals surface area contributed by atoms with Gasteiger partial charge in [0.15, 0.2) is 23.0 Å². The molecule has 0 aromatic heterocycles. The summed E-state index contributed by atoms with van der Waals surface area (Å²) >= 11 is 0. The number of aliphatic hydroxyl groups excluding tert-OH is 1. The number of methoxy groups -OCH3 is 5. The van der Waals surface area contributed by atoms with Crippen molar-refractivity contribution in [3.8, 4) is 34.5 Å². The SMILES string of the molecule is C=CCc1cc(OC)c(O[C@@H](C)[C@H](O)c2cc(OC)c(OC)c(OC)c2)c(OC)c1. The topological polar surface area (TPSA) is 75.6 Å². The fourth-order valence-electron chi connectivity index (χ4n) is 3.13. The van der Waals surface area contributed by atoms with Crippen LogP contribution in [0.15, 0.2) is 36.9 Å². The van der Waals surface area contributed by atoms with E-state index < -0.39 is 12.2 Å². The number of hydrogen-bond donors (Lipinski definition) is 1. The summed E-state index contributed by atoms with van der Waals surface area (Å²) < 4.78 is 33.1. The predicted molar refractivity (Wildman–Crippen MR) is 115 cm³/mol. The van der Waals surface area contributed by atoms with Crippen LogP contribution < -0.4 is 28.4 Å². The first-order valence-electron chi connectivity index (χ1n) is 9.44. The molecule has 0 fully saturated rings. The van der Waals surface area contributed by atoms with Gasteiger partial charge < -0.3 is 33.5 Å². The molecule has 2 rings (SSSR count). The monoisotopic (exact) mass is 418 g/mol. The summed E-state index contributed by atoms with van der Waals surface area (Å²) in [5.74, 6) is 2.77. The van der Waals surface area contributed by atoms with Crippen molar-refractivity contribution < 1.29 is 33.5 Å². The van der Waals surface area contributed by atoms with Crippen molar-refractivity contribution in [3.63, 3.8) is 0 Å². The lowest BCUT2D eigenvalue weighted by molar-refractivity contribution is 0.0431. The Balaban J connectivity index is 2.38. The Morgan fingerprint density at radius 2 is 1.27 bits per heavy atom. The van der Waals surface area contributed by atoms with Crippen LogP contribution in [0.4, 0.5) is 0 Å². The Bertz CT molecular complexity index is 813. The number of benzene rings is 2. The maximum absolute atomic E-state index is 10.9. The second-order valence-corrected chi connectivity index (χ2v) is 6.55. The first-order valence-corrected chi connectivity index (χ1v) is 9.44. The average molecular weight is 418 g/mol. The second-order valence-electron chi connectivity index (χ2n) is 6.55. The molecule has 164 valence electrons. The summed E-state index contributed by atoms with van der Waals surface area (Å²) in [6.45, 7) is 5.51. The smallest absolute Gasteiger partial charge is 0.203 e. The predicted octanol–water partition coefficient (Wildman–Crippen LogP) is 3.96. The van der Waals surface area contributed by atoms with Crippen LogP contribution in [0.5, 0.6) is 34.5 Å². The van der Waals surface area contributed by atoms with E-state index in [9.17, 15) is 5.11 Å². The maximum Gasteiger partial charge on any atom is 0.203 e. The molecule has 0 aliphatic carbocycles. The largest absolute Gasteiger partial charge is 0.493 e. The summed E-state index contributed by atoms with van der Waals surface area (Å²) in [5, 5.41) is 10.9. The quantitative estimate of drug-likeness (QED) is 0.554. The summed E-state index contributed by atoms with van der Waals surface area (Å²) in [5.41, 5.74) is 1.53. The normalized spacial score (nSPS) is 12.5. The Hall–Kier alpha value is -3.06. The number of allylic oxidation sites excluding steroid dienone is 1. The van der Waals surface area contributed by atoms with E-state index in [1.54, 1.807) is 39.4 Å². The Morgan fingerprint density at radius 1 is 0.800 bits per heavy atom. The molecule has 7 heteroatoms. The Kier molecular flexibility index (Phi) is 8.24. The molecular weight excluding hydrogens is 388 g/mol. The van der Waals surface area contributed by atoms with Gasteiger partial charge in [0, 0.05) is 0 Å². The van der Waals surface area contributed by atoms with Crippen LogP contribution >= 0.6 is 0 Å². The van der Waals surface area contributed by atoms with Crippen LogP contribution in [-0.2, 0) is 6.42 Å². The fourth-order valence-corrected chi connectivity index (χ4v) is 3.13.